The van der Waals surface area contributed by atoms with Gasteiger partial charge in [0.05, 0.1) is 31.5 Å². The van der Waals surface area contributed by atoms with Crippen molar-refractivity contribution in [3.8, 4) is 11.5 Å². The van der Waals surface area contributed by atoms with Gasteiger partial charge >= 0.3 is 0 Å². The van der Waals surface area contributed by atoms with Crippen molar-refractivity contribution in [2.45, 2.75) is 25.4 Å². The van der Waals surface area contributed by atoms with Gasteiger partial charge in [-0.2, -0.15) is 0 Å². The van der Waals surface area contributed by atoms with Crippen molar-refractivity contribution in [3.63, 3.8) is 0 Å². The molecule has 4 rings (SSSR count). The molecule has 0 unspecified atom stereocenters. The molecule has 0 spiro atoms. The van der Waals surface area contributed by atoms with Gasteiger partial charge in [0.25, 0.3) is 5.91 Å². The fraction of sp³-hybridized carbons (Fsp3) is 0.346. The first-order valence-electron chi connectivity index (χ1n) is 11.2. The topological polar surface area (TPSA) is 76.6 Å². The first kappa shape index (κ1) is 22.7. The maximum absolute atomic E-state index is 13.0. The Balaban J connectivity index is 1.55. The molecular formula is C26H30N4O3. The Hall–Kier alpha value is -3.45. The Bertz CT molecular complexity index is 1020. The third-order valence-electron chi connectivity index (χ3n) is 6.12. The summed E-state index contributed by atoms with van der Waals surface area (Å²) in [5.41, 5.74) is 2.31. The summed E-state index contributed by atoms with van der Waals surface area (Å²) in [6.07, 6.45) is 5.44. The van der Waals surface area contributed by atoms with E-state index in [0.717, 1.165) is 48.7 Å². The lowest BCUT2D eigenvalue weighted by atomic mass is 9.88. The van der Waals surface area contributed by atoms with E-state index in [9.17, 15) is 4.79 Å². The minimum absolute atomic E-state index is 0.185. The van der Waals surface area contributed by atoms with Crippen LogP contribution in [0, 0.1) is 5.92 Å². The standard InChI is InChI=1S/C26H30N4O3/c1-32-23-12-7-13-24(33-2)20(23)18-30-16-8-9-19(17-30)25(21-10-3-5-14-27-21)29-26(31)22-11-4-6-15-28-22/h3-7,10-15,19,25H,8-9,16-18H2,1-2H3,(H,29,31)/t19-,25+/m1/s1. The fourth-order valence-electron chi connectivity index (χ4n) is 4.52. The van der Waals surface area contributed by atoms with Crippen molar-refractivity contribution < 1.29 is 14.3 Å². The van der Waals surface area contributed by atoms with Gasteiger partial charge in [-0.25, -0.2) is 0 Å². The summed E-state index contributed by atoms with van der Waals surface area (Å²) in [5, 5.41) is 3.21. The number of rotatable bonds is 8. The Morgan fingerprint density at radius 2 is 1.76 bits per heavy atom. The van der Waals surface area contributed by atoms with Gasteiger partial charge in [0.1, 0.15) is 17.2 Å². The average molecular weight is 447 g/mol. The van der Waals surface area contributed by atoms with E-state index < -0.39 is 0 Å². The van der Waals surface area contributed by atoms with Crippen LogP contribution in [0.4, 0.5) is 0 Å². The predicted molar refractivity (Wildman–Crippen MR) is 126 cm³/mol. The van der Waals surface area contributed by atoms with Gasteiger partial charge in [0.15, 0.2) is 0 Å². The Labute approximate surface area is 194 Å². The third-order valence-corrected chi connectivity index (χ3v) is 6.12. The molecule has 172 valence electrons. The molecule has 2 aromatic heterocycles. The number of piperidine rings is 1. The van der Waals surface area contributed by atoms with Crippen molar-refractivity contribution in [3.05, 3.63) is 83.9 Å². The number of amides is 1. The van der Waals surface area contributed by atoms with E-state index in [2.05, 4.69) is 20.2 Å². The molecule has 1 amide bonds. The summed E-state index contributed by atoms with van der Waals surface area (Å²) in [6.45, 7) is 2.51. The number of hydrogen-bond donors (Lipinski definition) is 1. The van der Waals surface area contributed by atoms with E-state index >= 15 is 0 Å². The summed E-state index contributed by atoms with van der Waals surface area (Å²) >= 11 is 0. The van der Waals surface area contributed by atoms with Gasteiger partial charge in [0.2, 0.25) is 0 Å². The lowest BCUT2D eigenvalue weighted by Gasteiger charge is -2.37. The molecule has 0 bridgehead atoms. The molecule has 1 aliphatic heterocycles. The molecule has 1 aromatic carbocycles. The van der Waals surface area contributed by atoms with Gasteiger partial charge in [-0.3, -0.25) is 19.7 Å². The van der Waals surface area contributed by atoms with E-state index in [1.807, 2.05) is 42.5 Å². The highest BCUT2D eigenvalue weighted by molar-refractivity contribution is 5.92. The van der Waals surface area contributed by atoms with Crippen LogP contribution in [0.15, 0.2) is 67.0 Å². The Morgan fingerprint density at radius 1 is 1.03 bits per heavy atom. The molecule has 7 nitrogen and oxygen atoms in total. The van der Waals surface area contributed by atoms with Crippen molar-refractivity contribution in [1.29, 1.82) is 0 Å². The molecule has 2 atom stereocenters. The number of benzene rings is 1. The number of nitrogens with one attached hydrogen (secondary N) is 1. The zero-order chi connectivity index (χ0) is 23.0. The van der Waals surface area contributed by atoms with Crippen LogP contribution >= 0.6 is 0 Å². The molecule has 33 heavy (non-hydrogen) atoms. The zero-order valence-corrected chi connectivity index (χ0v) is 19.1. The molecule has 0 radical (unpaired) electrons. The number of nitrogens with zero attached hydrogens (tertiary/aromatic N) is 3. The Kier molecular flexibility index (Phi) is 7.52. The molecule has 3 aromatic rings. The Morgan fingerprint density at radius 3 is 2.39 bits per heavy atom. The molecule has 1 aliphatic rings. The molecule has 3 heterocycles. The summed E-state index contributed by atoms with van der Waals surface area (Å²) in [7, 11) is 3.36. The quantitative estimate of drug-likeness (QED) is 0.566. The minimum Gasteiger partial charge on any atom is -0.496 e. The number of pyridine rings is 2. The summed E-state index contributed by atoms with van der Waals surface area (Å²) in [4.78, 5) is 24.1. The second-order valence-corrected chi connectivity index (χ2v) is 8.20. The first-order valence-corrected chi connectivity index (χ1v) is 11.2. The number of carbonyl (C=O) groups is 1. The van der Waals surface area contributed by atoms with E-state index in [-0.39, 0.29) is 17.9 Å². The minimum atomic E-state index is -0.205. The van der Waals surface area contributed by atoms with Crippen LogP contribution in [0.25, 0.3) is 0 Å². The van der Waals surface area contributed by atoms with Gasteiger partial charge < -0.3 is 14.8 Å². The number of methoxy groups -OCH3 is 2. The molecule has 0 saturated carbocycles. The highest BCUT2D eigenvalue weighted by Gasteiger charge is 2.31. The van der Waals surface area contributed by atoms with Gasteiger partial charge in [-0.05, 0) is 61.7 Å². The van der Waals surface area contributed by atoms with Crippen LogP contribution in [0.2, 0.25) is 0 Å². The number of carbonyl (C=O) groups excluding carboxylic acids is 1. The molecule has 1 saturated heterocycles. The second kappa shape index (κ2) is 10.9. The maximum Gasteiger partial charge on any atom is 0.270 e. The monoisotopic (exact) mass is 446 g/mol. The summed E-state index contributed by atoms with van der Waals surface area (Å²) < 4.78 is 11.2. The van der Waals surface area contributed by atoms with Crippen molar-refractivity contribution in [1.82, 2.24) is 20.2 Å². The average Bonchev–Trinajstić information content (AvgIpc) is 2.88. The maximum atomic E-state index is 13.0. The molecular weight excluding hydrogens is 416 g/mol. The van der Waals surface area contributed by atoms with Crippen molar-refractivity contribution in [2.75, 3.05) is 27.3 Å². The van der Waals surface area contributed by atoms with Crippen LogP contribution in [-0.2, 0) is 6.54 Å². The van der Waals surface area contributed by atoms with E-state index in [1.54, 1.807) is 38.7 Å². The number of likely N-dealkylation sites (tertiary alicyclic amines) is 1. The molecule has 0 aliphatic carbocycles. The van der Waals surface area contributed by atoms with Crippen LogP contribution in [0.1, 0.15) is 40.6 Å². The number of aromatic nitrogens is 2. The molecule has 1 N–H and O–H groups in total. The predicted octanol–water partition coefficient (Wildman–Crippen LogP) is 3.88. The van der Waals surface area contributed by atoms with Crippen molar-refractivity contribution in [2.24, 2.45) is 5.92 Å². The van der Waals surface area contributed by atoms with Gasteiger partial charge in [-0.1, -0.05) is 18.2 Å². The highest BCUT2D eigenvalue weighted by atomic mass is 16.5. The third kappa shape index (κ3) is 5.49. The van der Waals surface area contributed by atoms with Crippen LogP contribution < -0.4 is 14.8 Å². The van der Waals surface area contributed by atoms with Crippen LogP contribution in [0.3, 0.4) is 0 Å². The van der Waals surface area contributed by atoms with E-state index in [0.29, 0.717) is 12.2 Å². The lowest BCUT2D eigenvalue weighted by molar-refractivity contribution is 0.0869. The van der Waals surface area contributed by atoms with Crippen LogP contribution in [0.5, 0.6) is 11.5 Å². The number of ether oxygens (including phenoxy) is 2. The lowest BCUT2D eigenvalue weighted by Crippen LogP contribution is -2.43. The smallest absolute Gasteiger partial charge is 0.270 e. The molecule has 1 fully saturated rings. The largest absolute Gasteiger partial charge is 0.496 e. The van der Waals surface area contributed by atoms with E-state index in [4.69, 9.17) is 9.47 Å². The first-order chi connectivity index (χ1) is 16.2. The SMILES string of the molecule is COc1cccc(OC)c1CN1CCC[C@@H]([C@H](NC(=O)c2ccccn2)c2ccccn2)C1. The molecule has 7 heteroatoms. The second-order valence-electron chi connectivity index (χ2n) is 8.20. The zero-order valence-electron chi connectivity index (χ0n) is 19.1. The summed E-state index contributed by atoms with van der Waals surface area (Å²) in [5.74, 6) is 1.67. The van der Waals surface area contributed by atoms with E-state index in [1.165, 1.54) is 0 Å². The highest BCUT2D eigenvalue weighted by Crippen LogP contribution is 2.34. The van der Waals surface area contributed by atoms with Gasteiger partial charge in [0, 0.05) is 25.5 Å². The fourth-order valence-corrected chi connectivity index (χ4v) is 4.52. The number of hydrogen-bond acceptors (Lipinski definition) is 6. The summed E-state index contributed by atoms with van der Waals surface area (Å²) in [6, 6.07) is 16.8. The van der Waals surface area contributed by atoms with Crippen LogP contribution in [-0.4, -0.2) is 48.1 Å². The normalized spacial score (nSPS) is 17.2. The van der Waals surface area contributed by atoms with Gasteiger partial charge in [-0.15, -0.1) is 0 Å². The van der Waals surface area contributed by atoms with Crippen molar-refractivity contribution >= 4 is 5.91 Å².